The summed E-state index contributed by atoms with van der Waals surface area (Å²) in [5.41, 5.74) is 0. The van der Waals surface area contributed by atoms with Crippen molar-refractivity contribution in [2.45, 2.75) is 39.3 Å². The summed E-state index contributed by atoms with van der Waals surface area (Å²) in [6.45, 7) is 8.99. The van der Waals surface area contributed by atoms with Crippen LogP contribution in [0.2, 0.25) is 0 Å². The highest BCUT2D eigenvalue weighted by molar-refractivity contribution is 4.83. The number of likely N-dealkylation sites (tertiary alicyclic amines) is 1. The molecule has 0 N–H and O–H groups in total. The fourth-order valence-corrected chi connectivity index (χ4v) is 2.25. The molecule has 12 heavy (non-hydrogen) atoms. The highest BCUT2D eigenvalue weighted by atomic mass is 16.5. The van der Waals surface area contributed by atoms with E-state index in [2.05, 4.69) is 25.7 Å². The van der Waals surface area contributed by atoms with E-state index in [1.807, 2.05) is 0 Å². The smallest absolute Gasteiger partial charge is 0.0503 e. The van der Waals surface area contributed by atoms with Crippen LogP contribution in [0.3, 0.4) is 0 Å². The van der Waals surface area contributed by atoms with Crippen LogP contribution in [0, 0.1) is 5.92 Å². The third-order valence-electron chi connectivity index (χ3n) is 2.78. The van der Waals surface area contributed by atoms with E-state index in [-0.39, 0.29) is 0 Å². The number of nitrogens with zero attached hydrogens (tertiary/aromatic N) is 1. The fraction of sp³-hybridized carbons (Fsp3) is 1.00. The van der Waals surface area contributed by atoms with E-state index < -0.39 is 0 Å². The van der Waals surface area contributed by atoms with Crippen molar-refractivity contribution < 1.29 is 4.74 Å². The predicted molar refractivity (Wildman–Crippen MR) is 51.3 cm³/mol. The van der Waals surface area contributed by atoms with Gasteiger partial charge < -0.3 is 4.74 Å². The molecular formula is C10H21NO. The molecule has 0 radical (unpaired) electrons. The Morgan fingerprint density at radius 3 is 2.58 bits per heavy atom. The summed E-state index contributed by atoms with van der Waals surface area (Å²) in [6, 6.07) is 1.42. The first-order chi connectivity index (χ1) is 5.65. The Hall–Kier alpha value is -0.0800. The third-order valence-corrected chi connectivity index (χ3v) is 2.78. The predicted octanol–water partition coefficient (Wildman–Crippen LogP) is 1.75. The average Bonchev–Trinajstić information content (AvgIpc) is 2.32. The van der Waals surface area contributed by atoms with Gasteiger partial charge in [-0.2, -0.15) is 0 Å². The van der Waals surface area contributed by atoms with Gasteiger partial charge in [0.05, 0.1) is 6.61 Å². The van der Waals surface area contributed by atoms with Gasteiger partial charge in [0.15, 0.2) is 0 Å². The number of methoxy groups -OCH3 is 1. The van der Waals surface area contributed by atoms with Gasteiger partial charge >= 0.3 is 0 Å². The summed E-state index contributed by atoms with van der Waals surface area (Å²) in [5.74, 6) is 0.757. The van der Waals surface area contributed by atoms with Gasteiger partial charge in [-0.25, -0.2) is 0 Å². The molecular weight excluding hydrogens is 150 g/mol. The third kappa shape index (κ3) is 2.20. The van der Waals surface area contributed by atoms with Crippen molar-refractivity contribution in [2.24, 2.45) is 5.92 Å². The molecule has 2 nitrogen and oxygen atoms in total. The quantitative estimate of drug-likeness (QED) is 0.641. The molecule has 2 heteroatoms. The molecule has 1 aliphatic heterocycles. The summed E-state index contributed by atoms with van der Waals surface area (Å²) in [7, 11) is 1.79. The monoisotopic (exact) mass is 171 g/mol. The van der Waals surface area contributed by atoms with E-state index in [9.17, 15) is 0 Å². The minimum atomic E-state index is 0.682. The lowest BCUT2D eigenvalue weighted by molar-refractivity contribution is 0.148. The maximum absolute atomic E-state index is 5.18. The van der Waals surface area contributed by atoms with Crippen molar-refractivity contribution in [1.82, 2.24) is 4.90 Å². The Bertz CT molecular complexity index is 136. The molecule has 1 saturated heterocycles. The zero-order chi connectivity index (χ0) is 9.14. The molecule has 1 heterocycles. The second-order valence-corrected chi connectivity index (χ2v) is 4.20. The summed E-state index contributed by atoms with van der Waals surface area (Å²) < 4.78 is 5.18. The van der Waals surface area contributed by atoms with Crippen LogP contribution in [0.1, 0.15) is 27.2 Å². The van der Waals surface area contributed by atoms with Gasteiger partial charge in [0, 0.05) is 25.7 Å². The summed E-state index contributed by atoms with van der Waals surface area (Å²) in [4.78, 5) is 2.56. The molecule has 0 aromatic heterocycles. The van der Waals surface area contributed by atoms with Crippen molar-refractivity contribution in [1.29, 1.82) is 0 Å². The van der Waals surface area contributed by atoms with E-state index in [1.54, 1.807) is 7.11 Å². The Labute approximate surface area is 75.9 Å². The molecule has 0 aromatic rings. The molecule has 1 unspecified atom stereocenters. The van der Waals surface area contributed by atoms with E-state index >= 15 is 0 Å². The molecule has 0 aromatic carbocycles. The van der Waals surface area contributed by atoms with E-state index in [4.69, 9.17) is 4.74 Å². The van der Waals surface area contributed by atoms with Crippen LogP contribution in [0.15, 0.2) is 0 Å². The van der Waals surface area contributed by atoms with Gasteiger partial charge in [-0.1, -0.05) is 0 Å². The van der Waals surface area contributed by atoms with Gasteiger partial charge in [-0.05, 0) is 33.1 Å². The van der Waals surface area contributed by atoms with E-state index in [1.165, 1.54) is 13.0 Å². The maximum atomic E-state index is 5.18. The lowest BCUT2D eigenvalue weighted by Gasteiger charge is -2.25. The second kappa shape index (κ2) is 4.24. The molecule has 0 spiro atoms. The van der Waals surface area contributed by atoms with Crippen molar-refractivity contribution in [3.8, 4) is 0 Å². The number of rotatable bonds is 3. The Balaban J connectivity index is 2.39. The average molecular weight is 171 g/mol. The molecule has 72 valence electrons. The normalized spacial score (nSPS) is 31.8. The highest BCUT2D eigenvalue weighted by Crippen LogP contribution is 2.24. The van der Waals surface area contributed by atoms with Crippen LogP contribution in [-0.2, 0) is 4.74 Å². The first-order valence-corrected chi connectivity index (χ1v) is 4.89. The largest absolute Gasteiger partial charge is 0.384 e. The Kier molecular flexibility index (Phi) is 3.53. The molecule has 0 saturated carbocycles. The van der Waals surface area contributed by atoms with Crippen LogP contribution >= 0.6 is 0 Å². The zero-order valence-electron chi connectivity index (χ0n) is 8.71. The van der Waals surface area contributed by atoms with Crippen LogP contribution in [-0.4, -0.2) is 37.2 Å². The van der Waals surface area contributed by atoms with Crippen molar-refractivity contribution in [3.63, 3.8) is 0 Å². The first-order valence-electron chi connectivity index (χ1n) is 4.89. The van der Waals surface area contributed by atoms with E-state index in [0.717, 1.165) is 18.6 Å². The van der Waals surface area contributed by atoms with Gasteiger partial charge in [0.2, 0.25) is 0 Å². The summed E-state index contributed by atoms with van der Waals surface area (Å²) >= 11 is 0. The standard InChI is InChI=1S/C10H21NO/c1-8(2)11-6-10(7-12-4)5-9(11)3/h8-10H,5-7H2,1-4H3/t9-,10?/m1/s1. The zero-order valence-corrected chi connectivity index (χ0v) is 8.71. The van der Waals surface area contributed by atoms with Crippen molar-refractivity contribution in [2.75, 3.05) is 20.3 Å². The SMILES string of the molecule is COCC1C[C@@H](C)N(C(C)C)C1. The molecule has 0 aliphatic carbocycles. The van der Waals surface area contributed by atoms with Gasteiger partial charge in [-0.3, -0.25) is 4.90 Å². The highest BCUT2D eigenvalue weighted by Gasteiger charge is 2.29. The van der Waals surface area contributed by atoms with Gasteiger partial charge in [-0.15, -0.1) is 0 Å². The lowest BCUT2D eigenvalue weighted by Crippen LogP contribution is -2.33. The molecule has 0 bridgehead atoms. The fourth-order valence-electron chi connectivity index (χ4n) is 2.25. The Morgan fingerprint density at radius 1 is 1.50 bits per heavy atom. The van der Waals surface area contributed by atoms with E-state index in [0.29, 0.717) is 6.04 Å². The molecule has 0 amide bonds. The minimum absolute atomic E-state index is 0.682. The molecule has 1 aliphatic rings. The lowest BCUT2D eigenvalue weighted by atomic mass is 10.1. The topological polar surface area (TPSA) is 12.5 Å². The Morgan fingerprint density at radius 2 is 2.17 bits per heavy atom. The van der Waals surface area contributed by atoms with Crippen LogP contribution in [0.25, 0.3) is 0 Å². The van der Waals surface area contributed by atoms with Crippen LogP contribution in [0.5, 0.6) is 0 Å². The molecule has 1 fully saturated rings. The minimum Gasteiger partial charge on any atom is -0.384 e. The van der Waals surface area contributed by atoms with Gasteiger partial charge in [0.25, 0.3) is 0 Å². The molecule has 1 rings (SSSR count). The molecule has 2 atom stereocenters. The number of hydrogen-bond donors (Lipinski definition) is 0. The maximum Gasteiger partial charge on any atom is 0.0503 e. The van der Waals surface area contributed by atoms with Crippen LogP contribution in [0.4, 0.5) is 0 Å². The van der Waals surface area contributed by atoms with Crippen LogP contribution < -0.4 is 0 Å². The van der Waals surface area contributed by atoms with Gasteiger partial charge in [0.1, 0.15) is 0 Å². The number of hydrogen-bond acceptors (Lipinski definition) is 2. The number of ether oxygens (including phenoxy) is 1. The van der Waals surface area contributed by atoms with Crippen molar-refractivity contribution >= 4 is 0 Å². The second-order valence-electron chi connectivity index (χ2n) is 4.20. The summed E-state index contributed by atoms with van der Waals surface area (Å²) in [5, 5.41) is 0. The first kappa shape index (κ1) is 10.0. The van der Waals surface area contributed by atoms with Crippen molar-refractivity contribution in [3.05, 3.63) is 0 Å². The summed E-state index contributed by atoms with van der Waals surface area (Å²) in [6.07, 6.45) is 1.30.